The molecule has 0 saturated carbocycles. The van der Waals surface area contributed by atoms with Gasteiger partial charge in [-0.05, 0) is 12.0 Å². The Bertz CT molecular complexity index is 344. The standard InChI is InChI=1S/C12H19NO3/c1-4-11-9(5-6-16-11)12(15)13-7-10(14)8(2)3/h5-6,8,10,14H,4,7H2,1-3H3,(H,13,15). The van der Waals surface area contributed by atoms with Crippen LogP contribution in [0.5, 0.6) is 0 Å². The molecule has 0 saturated heterocycles. The quantitative estimate of drug-likeness (QED) is 0.800. The summed E-state index contributed by atoms with van der Waals surface area (Å²) in [5.74, 6) is 0.622. The summed E-state index contributed by atoms with van der Waals surface area (Å²) in [5.41, 5.74) is 0.554. The first-order valence-corrected chi connectivity index (χ1v) is 5.58. The molecule has 0 aliphatic rings. The van der Waals surface area contributed by atoms with Crippen LogP contribution in [0.3, 0.4) is 0 Å². The minimum Gasteiger partial charge on any atom is -0.469 e. The van der Waals surface area contributed by atoms with Crippen LogP contribution in [-0.2, 0) is 6.42 Å². The average Bonchev–Trinajstić information content (AvgIpc) is 2.73. The van der Waals surface area contributed by atoms with Gasteiger partial charge in [0.05, 0.1) is 17.9 Å². The number of furan rings is 1. The molecule has 4 nitrogen and oxygen atoms in total. The molecule has 0 spiro atoms. The first-order valence-electron chi connectivity index (χ1n) is 5.58. The molecule has 0 radical (unpaired) electrons. The highest BCUT2D eigenvalue weighted by Crippen LogP contribution is 2.11. The van der Waals surface area contributed by atoms with Gasteiger partial charge in [0.2, 0.25) is 0 Å². The lowest BCUT2D eigenvalue weighted by molar-refractivity contribution is 0.0870. The summed E-state index contributed by atoms with van der Waals surface area (Å²) in [6, 6.07) is 1.65. The van der Waals surface area contributed by atoms with Crippen molar-refractivity contribution in [3.8, 4) is 0 Å². The molecule has 1 atom stereocenters. The monoisotopic (exact) mass is 225 g/mol. The van der Waals surface area contributed by atoms with Crippen molar-refractivity contribution < 1.29 is 14.3 Å². The summed E-state index contributed by atoms with van der Waals surface area (Å²) in [6.07, 6.45) is 1.68. The van der Waals surface area contributed by atoms with E-state index in [1.165, 1.54) is 6.26 Å². The van der Waals surface area contributed by atoms with Gasteiger partial charge in [0.15, 0.2) is 0 Å². The van der Waals surface area contributed by atoms with Gasteiger partial charge in [-0.25, -0.2) is 0 Å². The number of aliphatic hydroxyl groups is 1. The Labute approximate surface area is 95.7 Å². The van der Waals surface area contributed by atoms with Crippen molar-refractivity contribution in [3.05, 3.63) is 23.7 Å². The average molecular weight is 225 g/mol. The third kappa shape index (κ3) is 3.10. The summed E-state index contributed by atoms with van der Waals surface area (Å²) in [4.78, 5) is 11.7. The molecule has 1 unspecified atom stereocenters. The third-order valence-electron chi connectivity index (χ3n) is 2.55. The van der Waals surface area contributed by atoms with E-state index in [0.29, 0.717) is 17.7 Å². The van der Waals surface area contributed by atoms with E-state index in [2.05, 4.69) is 5.32 Å². The van der Waals surface area contributed by atoms with Gasteiger partial charge in [-0.2, -0.15) is 0 Å². The van der Waals surface area contributed by atoms with Crippen LogP contribution in [0.25, 0.3) is 0 Å². The van der Waals surface area contributed by atoms with Crippen molar-refractivity contribution in [1.29, 1.82) is 0 Å². The SMILES string of the molecule is CCc1occc1C(=O)NCC(O)C(C)C. The van der Waals surface area contributed by atoms with E-state index in [-0.39, 0.29) is 18.4 Å². The summed E-state index contributed by atoms with van der Waals surface area (Å²) < 4.78 is 5.17. The van der Waals surface area contributed by atoms with E-state index in [1.807, 2.05) is 20.8 Å². The molecular formula is C12H19NO3. The van der Waals surface area contributed by atoms with Gasteiger partial charge in [-0.3, -0.25) is 4.79 Å². The molecule has 16 heavy (non-hydrogen) atoms. The molecule has 0 aromatic carbocycles. The summed E-state index contributed by atoms with van der Waals surface area (Å²) >= 11 is 0. The molecule has 0 bridgehead atoms. The number of carbonyl (C=O) groups is 1. The highest BCUT2D eigenvalue weighted by atomic mass is 16.3. The second-order valence-corrected chi connectivity index (χ2v) is 4.13. The van der Waals surface area contributed by atoms with E-state index >= 15 is 0 Å². The van der Waals surface area contributed by atoms with Crippen molar-refractivity contribution in [2.24, 2.45) is 5.92 Å². The highest BCUT2D eigenvalue weighted by Gasteiger charge is 2.15. The fourth-order valence-electron chi connectivity index (χ4n) is 1.34. The lowest BCUT2D eigenvalue weighted by Gasteiger charge is -2.14. The van der Waals surface area contributed by atoms with Crippen molar-refractivity contribution in [2.75, 3.05) is 6.54 Å². The summed E-state index contributed by atoms with van der Waals surface area (Å²) in [5, 5.41) is 12.3. The highest BCUT2D eigenvalue weighted by molar-refractivity contribution is 5.95. The molecular weight excluding hydrogens is 206 g/mol. The molecule has 90 valence electrons. The summed E-state index contributed by atoms with van der Waals surface area (Å²) in [6.45, 7) is 6.02. The maximum atomic E-state index is 11.7. The van der Waals surface area contributed by atoms with Crippen LogP contribution < -0.4 is 5.32 Å². The summed E-state index contributed by atoms with van der Waals surface area (Å²) in [7, 11) is 0. The van der Waals surface area contributed by atoms with Crippen LogP contribution >= 0.6 is 0 Å². The molecule has 0 fully saturated rings. The molecule has 1 aromatic heterocycles. The molecule has 0 aliphatic heterocycles. The normalized spacial score (nSPS) is 12.8. The van der Waals surface area contributed by atoms with Crippen molar-refractivity contribution in [3.63, 3.8) is 0 Å². The molecule has 4 heteroatoms. The third-order valence-corrected chi connectivity index (χ3v) is 2.55. The Kier molecular flexibility index (Phi) is 4.55. The van der Waals surface area contributed by atoms with E-state index in [4.69, 9.17) is 4.42 Å². The number of hydrogen-bond donors (Lipinski definition) is 2. The van der Waals surface area contributed by atoms with Crippen molar-refractivity contribution in [1.82, 2.24) is 5.32 Å². The molecule has 1 aromatic rings. The van der Waals surface area contributed by atoms with Gasteiger partial charge >= 0.3 is 0 Å². The predicted molar refractivity (Wildman–Crippen MR) is 61.3 cm³/mol. The molecule has 1 heterocycles. The first-order chi connectivity index (χ1) is 7.56. The Balaban J connectivity index is 2.53. The number of amides is 1. The van der Waals surface area contributed by atoms with Gasteiger partial charge < -0.3 is 14.8 Å². The zero-order valence-corrected chi connectivity index (χ0v) is 9.99. The number of hydrogen-bond acceptors (Lipinski definition) is 3. The number of aryl methyl sites for hydroxylation is 1. The van der Waals surface area contributed by atoms with Crippen LogP contribution in [0, 0.1) is 5.92 Å². The first kappa shape index (κ1) is 12.8. The van der Waals surface area contributed by atoms with Crippen LogP contribution in [-0.4, -0.2) is 23.7 Å². The lowest BCUT2D eigenvalue weighted by atomic mass is 10.1. The van der Waals surface area contributed by atoms with E-state index < -0.39 is 6.10 Å². The molecule has 1 amide bonds. The van der Waals surface area contributed by atoms with E-state index in [0.717, 1.165) is 0 Å². The van der Waals surface area contributed by atoms with Crippen molar-refractivity contribution >= 4 is 5.91 Å². The van der Waals surface area contributed by atoms with E-state index in [1.54, 1.807) is 6.07 Å². The zero-order valence-electron chi connectivity index (χ0n) is 9.99. The smallest absolute Gasteiger partial charge is 0.254 e. The van der Waals surface area contributed by atoms with Gasteiger partial charge in [0, 0.05) is 13.0 Å². The number of aliphatic hydroxyl groups excluding tert-OH is 1. The minimum atomic E-state index is -0.513. The maximum absolute atomic E-state index is 11.7. The molecule has 2 N–H and O–H groups in total. The topological polar surface area (TPSA) is 62.5 Å². The number of carbonyl (C=O) groups excluding carboxylic acids is 1. The predicted octanol–water partition coefficient (Wildman–Crippen LogP) is 1.59. The van der Waals surface area contributed by atoms with Gasteiger partial charge in [0.1, 0.15) is 5.76 Å². The second kappa shape index (κ2) is 5.70. The number of nitrogens with one attached hydrogen (secondary N) is 1. The van der Waals surface area contributed by atoms with Gasteiger partial charge in [-0.15, -0.1) is 0 Å². The van der Waals surface area contributed by atoms with Gasteiger partial charge in [-0.1, -0.05) is 20.8 Å². The Morgan fingerprint density at radius 1 is 1.56 bits per heavy atom. The Morgan fingerprint density at radius 3 is 2.81 bits per heavy atom. The molecule has 1 rings (SSSR count). The lowest BCUT2D eigenvalue weighted by Crippen LogP contribution is -2.34. The largest absolute Gasteiger partial charge is 0.469 e. The van der Waals surface area contributed by atoms with Crippen LogP contribution in [0.4, 0.5) is 0 Å². The molecule has 0 aliphatic carbocycles. The van der Waals surface area contributed by atoms with E-state index in [9.17, 15) is 9.90 Å². The Hall–Kier alpha value is -1.29. The van der Waals surface area contributed by atoms with Gasteiger partial charge in [0.25, 0.3) is 5.91 Å². The van der Waals surface area contributed by atoms with Crippen LogP contribution in [0.1, 0.15) is 36.9 Å². The number of rotatable bonds is 5. The van der Waals surface area contributed by atoms with Crippen LogP contribution in [0.15, 0.2) is 16.7 Å². The second-order valence-electron chi connectivity index (χ2n) is 4.13. The fourth-order valence-corrected chi connectivity index (χ4v) is 1.34. The fraction of sp³-hybridized carbons (Fsp3) is 0.583. The Morgan fingerprint density at radius 2 is 2.25 bits per heavy atom. The van der Waals surface area contributed by atoms with Crippen molar-refractivity contribution in [2.45, 2.75) is 33.3 Å². The zero-order chi connectivity index (χ0) is 12.1. The van der Waals surface area contributed by atoms with Crippen LogP contribution in [0.2, 0.25) is 0 Å². The minimum absolute atomic E-state index is 0.135. The maximum Gasteiger partial charge on any atom is 0.254 e.